The minimum Gasteiger partial charge on any atom is -0.456 e. The van der Waals surface area contributed by atoms with Gasteiger partial charge in [-0.1, -0.05) is 152 Å². The largest absolute Gasteiger partial charge is 0.456 e. The van der Waals surface area contributed by atoms with Crippen LogP contribution < -0.4 is 0 Å². The highest BCUT2D eigenvalue weighted by Gasteiger charge is 2.24. The van der Waals surface area contributed by atoms with Crippen molar-refractivity contribution in [2.75, 3.05) is 0 Å². The molecule has 57 heavy (non-hydrogen) atoms. The zero-order valence-electron chi connectivity index (χ0n) is 30.5. The van der Waals surface area contributed by atoms with E-state index in [1.807, 2.05) is 72.8 Å². The van der Waals surface area contributed by atoms with Crippen molar-refractivity contribution in [2.45, 2.75) is 0 Å². The van der Waals surface area contributed by atoms with Gasteiger partial charge in [0.05, 0.1) is 27.8 Å². The summed E-state index contributed by atoms with van der Waals surface area (Å²) in [6.07, 6.45) is 0. The molecular formula is C51H31N5O. The number of para-hydroxylation sites is 4. The third kappa shape index (κ3) is 4.74. The van der Waals surface area contributed by atoms with Crippen LogP contribution >= 0.6 is 0 Å². The van der Waals surface area contributed by atoms with Crippen molar-refractivity contribution in [3.63, 3.8) is 0 Å². The van der Waals surface area contributed by atoms with Crippen molar-refractivity contribution in [2.24, 2.45) is 0 Å². The van der Waals surface area contributed by atoms with Gasteiger partial charge in [0.15, 0.2) is 11.6 Å². The van der Waals surface area contributed by atoms with Crippen molar-refractivity contribution in [1.29, 1.82) is 0 Å². The second-order valence-electron chi connectivity index (χ2n) is 14.4. The van der Waals surface area contributed by atoms with Gasteiger partial charge in [0, 0.05) is 49.0 Å². The van der Waals surface area contributed by atoms with Gasteiger partial charge >= 0.3 is 0 Å². The molecule has 8 aromatic carbocycles. The SMILES string of the molecule is c1ccc(-c2nc(-c3ccccc3)nc(-n3c4ccccc4c4c(-n5c6ccccc6c6cccc(-c7cccc8oc9ccccc9c78)c65)cccc43)n2)cc1. The average Bonchev–Trinajstić information content (AvgIpc) is 3.95. The van der Waals surface area contributed by atoms with E-state index in [1.165, 1.54) is 10.8 Å². The van der Waals surface area contributed by atoms with Crippen molar-refractivity contribution in [3.05, 3.63) is 188 Å². The first-order valence-corrected chi connectivity index (χ1v) is 19.1. The maximum Gasteiger partial charge on any atom is 0.238 e. The summed E-state index contributed by atoms with van der Waals surface area (Å²) >= 11 is 0. The Kier molecular flexibility index (Phi) is 6.83. The monoisotopic (exact) mass is 729 g/mol. The summed E-state index contributed by atoms with van der Waals surface area (Å²) < 4.78 is 11.1. The smallest absolute Gasteiger partial charge is 0.238 e. The summed E-state index contributed by atoms with van der Waals surface area (Å²) in [5, 5.41) is 6.82. The molecule has 4 aromatic heterocycles. The zero-order chi connectivity index (χ0) is 37.5. The molecule has 0 unspecified atom stereocenters. The van der Waals surface area contributed by atoms with Gasteiger partial charge in [-0.3, -0.25) is 4.57 Å². The van der Waals surface area contributed by atoms with E-state index in [9.17, 15) is 0 Å². The molecule has 0 atom stereocenters. The molecule has 266 valence electrons. The molecule has 0 saturated carbocycles. The van der Waals surface area contributed by atoms with Gasteiger partial charge < -0.3 is 8.98 Å². The van der Waals surface area contributed by atoms with E-state index in [0.29, 0.717) is 17.6 Å². The Morgan fingerprint density at radius 2 is 0.895 bits per heavy atom. The molecule has 0 bridgehead atoms. The molecule has 0 aliphatic rings. The van der Waals surface area contributed by atoms with Gasteiger partial charge in [-0.25, -0.2) is 4.98 Å². The van der Waals surface area contributed by atoms with Gasteiger partial charge in [-0.15, -0.1) is 0 Å². The van der Waals surface area contributed by atoms with Gasteiger partial charge in [0.2, 0.25) is 5.95 Å². The van der Waals surface area contributed by atoms with E-state index in [2.05, 4.69) is 124 Å². The molecule has 12 aromatic rings. The maximum atomic E-state index is 6.40. The predicted molar refractivity (Wildman–Crippen MR) is 232 cm³/mol. The molecule has 0 saturated heterocycles. The minimum absolute atomic E-state index is 0.562. The summed E-state index contributed by atoms with van der Waals surface area (Å²) in [5.41, 5.74) is 11.2. The van der Waals surface area contributed by atoms with Crippen LogP contribution in [0.4, 0.5) is 0 Å². The molecule has 0 radical (unpaired) electrons. The number of nitrogens with zero attached hydrogens (tertiary/aromatic N) is 5. The van der Waals surface area contributed by atoms with Crippen LogP contribution in [0.15, 0.2) is 192 Å². The fourth-order valence-corrected chi connectivity index (χ4v) is 8.78. The maximum absolute atomic E-state index is 6.40. The molecule has 0 aliphatic heterocycles. The number of fused-ring (bicyclic) bond motifs is 9. The first-order chi connectivity index (χ1) is 28.3. The zero-order valence-corrected chi connectivity index (χ0v) is 30.5. The molecule has 6 heteroatoms. The second-order valence-corrected chi connectivity index (χ2v) is 14.4. The van der Waals surface area contributed by atoms with Crippen molar-refractivity contribution in [1.82, 2.24) is 24.1 Å². The Bertz CT molecular complexity index is 3470. The number of furan rings is 1. The Hall–Kier alpha value is -7.83. The first kappa shape index (κ1) is 31.5. The number of hydrogen-bond acceptors (Lipinski definition) is 4. The number of benzene rings is 8. The van der Waals surface area contributed by atoms with Gasteiger partial charge in [0.1, 0.15) is 11.2 Å². The molecule has 0 fully saturated rings. The fraction of sp³-hybridized carbons (Fsp3) is 0. The average molecular weight is 730 g/mol. The Labute approximate surface area is 326 Å². The lowest BCUT2D eigenvalue weighted by molar-refractivity contribution is 0.669. The lowest BCUT2D eigenvalue weighted by Gasteiger charge is -2.14. The molecule has 6 nitrogen and oxygen atoms in total. The van der Waals surface area contributed by atoms with Crippen LogP contribution in [0.1, 0.15) is 0 Å². The second kappa shape index (κ2) is 12.3. The van der Waals surface area contributed by atoms with Crippen LogP contribution in [0.3, 0.4) is 0 Å². The van der Waals surface area contributed by atoms with Crippen LogP contribution in [-0.4, -0.2) is 24.1 Å². The lowest BCUT2D eigenvalue weighted by Crippen LogP contribution is -2.06. The molecule has 0 N–H and O–H groups in total. The van der Waals surface area contributed by atoms with Crippen LogP contribution in [-0.2, 0) is 0 Å². The topological polar surface area (TPSA) is 61.7 Å². The first-order valence-electron chi connectivity index (χ1n) is 19.1. The van der Waals surface area contributed by atoms with Crippen LogP contribution in [0.25, 0.3) is 111 Å². The molecule has 12 rings (SSSR count). The van der Waals surface area contributed by atoms with Crippen LogP contribution in [0, 0.1) is 0 Å². The van der Waals surface area contributed by atoms with E-state index in [1.54, 1.807) is 0 Å². The third-order valence-electron chi connectivity index (χ3n) is 11.2. The van der Waals surface area contributed by atoms with Crippen molar-refractivity contribution >= 4 is 65.6 Å². The van der Waals surface area contributed by atoms with Crippen molar-refractivity contribution in [3.8, 4) is 45.5 Å². The molecule has 0 amide bonds. The Balaban J connectivity index is 1.19. The fourth-order valence-electron chi connectivity index (χ4n) is 8.78. The highest BCUT2D eigenvalue weighted by molar-refractivity contribution is 6.21. The summed E-state index contributed by atoms with van der Waals surface area (Å²) in [7, 11) is 0. The van der Waals surface area contributed by atoms with E-state index < -0.39 is 0 Å². The standard InChI is InChI=1S/C51H31N5O/c1-3-16-32(17-4-1)49-52-50(33-18-5-2-6-19-33)54-51(53-49)56-41-27-11-8-21-38(41)47-42(28-15-29-43(47)56)55-40-26-10-7-20-34(40)36-24-13-25-37(48(36)55)35-23-14-31-45-46(35)39-22-9-12-30-44(39)57-45/h1-31H. The summed E-state index contributed by atoms with van der Waals surface area (Å²) in [6, 6.07) is 65.5. The minimum atomic E-state index is 0.562. The molecule has 4 heterocycles. The van der Waals surface area contributed by atoms with Gasteiger partial charge in [0.25, 0.3) is 0 Å². The predicted octanol–water partition coefficient (Wildman–Crippen LogP) is 13.0. The quantitative estimate of drug-likeness (QED) is 0.177. The van der Waals surface area contributed by atoms with Crippen LogP contribution in [0.2, 0.25) is 0 Å². The van der Waals surface area contributed by atoms with E-state index >= 15 is 0 Å². The Morgan fingerprint density at radius 1 is 0.351 bits per heavy atom. The normalized spacial score (nSPS) is 11.9. The molecular weight excluding hydrogens is 699 g/mol. The highest BCUT2D eigenvalue weighted by Crippen LogP contribution is 2.45. The number of aromatic nitrogens is 5. The number of hydrogen-bond donors (Lipinski definition) is 0. The van der Waals surface area contributed by atoms with E-state index in [4.69, 9.17) is 19.4 Å². The summed E-state index contributed by atoms with van der Waals surface area (Å²) in [6.45, 7) is 0. The van der Waals surface area contributed by atoms with Gasteiger partial charge in [-0.2, -0.15) is 9.97 Å². The summed E-state index contributed by atoms with van der Waals surface area (Å²) in [5.74, 6) is 1.80. The van der Waals surface area contributed by atoms with Crippen LogP contribution in [0.5, 0.6) is 0 Å². The molecule has 0 aliphatic carbocycles. The van der Waals surface area contributed by atoms with E-state index in [-0.39, 0.29) is 0 Å². The number of rotatable bonds is 5. The van der Waals surface area contributed by atoms with Gasteiger partial charge in [-0.05, 0) is 42.0 Å². The highest BCUT2D eigenvalue weighted by atomic mass is 16.3. The Morgan fingerprint density at radius 3 is 1.65 bits per heavy atom. The summed E-state index contributed by atoms with van der Waals surface area (Å²) in [4.78, 5) is 15.4. The lowest BCUT2D eigenvalue weighted by atomic mass is 9.97. The molecule has 0 spiro atoms. The van der Waals surface area contributed by atoms with E-state index in [0.717, 1.165) is 82.7 Å². The van der Waals surface area contributed by atoms with Crippen molar-refractivity contribution < 1.29 is 4.42 Å². The third-order valence-corrected chi connectivity index (χ3v) is 11.2.